The second-order valence-corrected chi connectivity index (χ2v) is 7.03. The summed E-state index contributed by atoms with van der Waals surface area (Å²) in [7, 11) is 0. The van der Waals surface area contributed by atoms with Crippen LogP contribution in [0.2, 0.25) is 0 Å². The lowest BCUT2D eigenvalue weighted by Crippen LogP contribution is -2.56. The summed E-state index contributed by atoms with van der Waals surface area (Å²) in [6.45, 7) is 5.07. The van der Waals surface area contributed by atoms with Gasteiger partial charge in [-0.25, -0.2) is 0 Å². The molecule has 3 fully saturated rings. The third-order valence-electron chi connectivity index (χ3n) is 5.67. The highest BCUT2D eigenvalue weighted by Gasteiger charge is 2.38. The molecule has 2 aliphatic heterocycles. The summed E-state index contributed by atoms with van der Waals surface area (Å²) in [6, 6.07) is 1.17. The summed E-state index contributed by atoms with van der Waals surface area (Å²) >= 11 is 0. The van der Waals surface area contributed by atoms with Gasteiger partial charge in [-0.05, 0) is 57.5 Å². The quantitative estimate of drug-likeness (QED) is 0.790. The van der Waals surface area contributed by atoms with Crippen LogP contribution in [0.5, 0.6) is 0 Å². The number of aliphatic hydroxyl groups excluding tert-OH is 1. The number of hydrogen-bond donors (Lipinski definition) is 2. The predicted molar refractivity (Wildman–Crippen MR) is 81.6 cm³/mol. The fourth-order valence-electron chi connectivity index (χ4n) is 4.14. The van der Waals surface area contributed by atoms with E-state index in [2.05, 4.69) is 9.80 Å². The lowest BCUT2D eigenvalue weighted by molar-refractivity contribution is 0.0408. The molecule has 0 amide bonds. The van der Waals surface area contributed by atoms with Crippen molar-refractivity contribution in [1.29, 1.82) is 0 Å². The Labute approximate surface area is 123 Å². The standard InChI is InChI=1S/C16H31N3O/c17-16(13-4-5-13)15(12-20)19-10-6-14(7-11-19)18-8-2-1-3-9-18/h13-16,20H,1-12,17H2. The maximum atomic E-state index is 9.71. The van der Waals surface area contributed by atoms with Crippen LogP contribution in [0.25, 0.3) is 0 Å². The molecule has 2 saturated heterocycles. The second-order valence-electron chi connectivity index (χ2n) is 7.03. The van der Waals surface area contributed by atoms with Crippen molar-refractivity contribution in [2.45, 2.75) is 63.1 Å². The molecule has 0 aromatic carbocycles. The molecule has 4 nitrogen and oxygen atoms in total. The average Bonchev–Trinajstić information content (AvgIpc) is 3.34. The van der Waals surface area contributed by atoms with Crippen molar-refractivity contribution in [3.05, 3.63) is 0 Å². The summed E-state index contributed by atoms with van der Waals surface area (Å²) in [4.78, 5) is 5.17. The van der Waals surface area contributed by atoms with Gasteiger partial charge in [0, 0.05) is 31.2 Å². The number of nitrogens with zero attached hydrogens (tertiary/aromatic N) is 2. The third-order valence-corrected chi connectivity index (χ3v) is 5.67. The summed E-state index contributed by atoms with van der Waals surface area (Å²) in [5.41, 5.74) is 6.33. The van der Waals surface area contributed by atoms with E-state index in [1.54, 1.807) is 0 Å². The van der Waals surface area contributed by atoms with E-state index >= 15 is 0 Å². The van der Waals surface area contributed by atoms with E-state index in [4.69, 9.17) is 5.73 Å². The molecular weight excluding hydrogens is 250 g/mol. The SMILES string of the molecule is NC(C1CC1)C(CO)N1CCC(N2CCCCC2)CC1. The second kappa shape index (κ2) is 6.73. The lowest BCUT2D eigenvalue weighted by atomic mass is 9.96. The number of nitrogens with two attached hydrogens (primary N) is 1. The smallest absolute Gasteiger partial charge is 0.0602 e. The van der Waals surface area contributed by atoms with E-state index < -0.39 is 0 Å². The van der Waals surface area contributed by atoms with E-state index in [1.807, 2.05) is 0 Å². The molecule has 1 saturated carbocycles. The number of likely N-dealkylation sites (tertiary alicyclic amines) is 2. The van der Waals surface area contributed by atoms with Gasteiger partial charge in [-0.2, -0.15) is 0 Å². The van der Waals surface area contributed by atoms with E-state index in [0.29, 0.717) is 5.92 Å². The Hall–Kier alpha value is -0.160. The molecule has 0 radical (unpaired) electrons. The van der Waals surface area contributed by atoms with Crippen molar-refractivity contribution in [2.24, 2.45) is 11.7 Å². The van der Waals surface area contributed by atoms with Crippen LogP contribution >= 0.6 is 0 Å². The van der Waals surface area contributed by atoms with Crippen molar-refractivity contribution in [2.75, 3.05) is 32.8 Å². The summed E-state index contributed by atoms with van der Waals surface area (Å²) in [6.07, 6.45) is 9.22. The maximum Gasteiger partial charge on any atom is 0.0602 e. The molecule has 3 aliphatic rings. The first-order valence-electron chi connectivity index (χ1n) is 8.64. The first kappa shape index (κ1) is 14.8. The van der Waals surface area contributed by atoms with Crippen molar-refractivity contribution >= 4 is 0 Å². The number of aliphatic hydroxyl groups is 1. The Kier molecular flexibility index (Phi) is 4.97. The molecule has 0 spiro atoms. The van der Waals surface area contributed by atoms with Gasteiger partial charge >= 0.3 is 0 Å². The Morgan fingerprint density at radius 3 is 2.15 bits per heavy atom. The molecule has 3 rings (SSSR count). The largest absolute Gasteiger partial charge is 0.395 e. The minimum absolute atomic E-state index is 0.187. The molecule has 3 N–H and O–H groups in total. The van der Waals surface area contributed by atoms with Gasteiger partial charge < -0.3 is 15.7 Å². The molecule has 4 heteroatoms. The van der Waals surface area contributed by atoms with Gasteiger partial charge in [0.05, 0.1) is 6.61 Å². The van der Waals surface area contributed by atoms with Gasteiger partial charge in [0.1, 0.15) is 0 Å². The van der Waals surface area contributed by atoms with E-state index in [1.165, 1.54) is 58.0 Å². The predicted octanol–water partition coefficient (Wildman–Crippen LogP) is 1.03. The van der Waals surface area contributed by atoms with Crippen LogP contribution < -0.4 is 5.73 Å². The number of piperidine rings is 2. The van der Waals surface area contributed by atoms with Gasteiger partial charge in [0.2, 0.25) is 0 Å². The topological polar surface area (TPSA) is 52.7 Å². The fraction of sp³-hybridized carbons (Fsp3) is 1.00. The first-order valence-corrected chi connectivity index (χ1v) is 8.64. The Morgan fingerprint density at radius 1 is 0.950 bits per heavy atom. The molecule has 0 aromatic rings. The monoisotopic (exact) mass is 281 g/mol. The molecule has 2 unspecified atom stereocenters. The molecule has 2 atom stereocenters. The third kappa shape index (κ3) is 3.35. The molecule has 2 heterocycles. The van der Waals surface area contributed by atoms with Crippen molar-refractivity contribution < 1.29 is 5.11 Å². The van der Waals surface area contributed by atoms with Crippen molar-refractivity contribution in [3.63, 3.8) is 0 Å². The van der Waals surface area contributed by atoms with Gasteiger partial charge in [-0.1, -0.05) is 6.42 Å². The van der Waals surface area contributed by atoms with Crippen LogP contribution in [0, 0.1) is 5.92 Å². The van der Waals surface area contributed by atoms with Crippen molar-refractivity contribution in [1.82, 2.24) is 9.80 Å². The van der Waals surface area contributed by atoms with Crippen LogP contribution in [0.1, 0.15) is 44.9 Å². The first-order chi connectivity index (χ1) is 9.79. The van der Waals surface area contributed by atoms with E-state index in [0.717, 1.165) is 19.1 Å². The minimum Gasteiger partial charge on any atom is -0.395 e. The van der Waals surface area contributed by atoms with Gasteiger partial charge in [-0.15, -0.1) is 0 Å². The highest BCUT2D eigenvalue weighted by atomic mass is 16.3. The van der Waals surface area contributed by atoms with Crippen LogP contribution in [-0.2, 0) is 0 Å². The average molecular weight is 281 g/mol. The summed E-state index contributed by atoms with van der Waals surface area (Å²) in [5, 5.41) is 9.71. The Morgan fingerprint density at radius 2 is 1.60 bits per heavy atom. The molecule has 0 bridgehead atoms. The number of rotatable bonds is 5. The molecule has 1 aliphatic carbocycles. The summed E-state index contributed by atoms with van der Waals surface area (Å²) < 4.78 is 0. The maximum absolute atomic E-state index is 9.71. The van der Waals surface area contributed by atoms with E-state index in [9.17, 15) is 5.11 Å². The normalized spacial score (nSPS) is 30.3. The Balaban J connectivity index is 1.49. The zero-order valence-electron chi connectivity index (χ0n) is 12.7. The van der Waals surface area contributed by atoms with Crippen LogP contribution in [0.4, 0.5) is 0 Å². The highest BCUT2D eigenvalue weighted by Crippen LogP contribution is 2.34. The minimum atomic E-state index is 0.187. The number of hydrogen-bond acceptors (Lipinski definition) is 4. The molecular formula is C16H31N3O. The molecule has 116 valence electrons. The zero-order valence-corrected chi connectivity index (χ0v) is 12.7. The van der Waals surface area contributed by atoms with Gasteiger partial charge in [0.25, 0.3) is 0 Å². The Bertz CT molecular complexity index is 294. The van der Waals surface area contributed by atoms with Gasteiger partial charge in [0.15, 0.2) is 0 Å². The molecule has 0 aromatic heterocycles. The van der Waals surface area contributed by atoms with Crippen LogP contribution in [-0.4, -0.2) is 65.8 Å². The zero-order chi connectivity index (χ0) is 13.9. The van der Waals surface area contributed by atoms with Crippen LogP contribution in [0.15, 0.2) is 0 Å². The highest BCUT2D eigenvalue weighted by molar-refractivity contribution is 4.95. The van der Waals surface area contributed by atoms with E-state index in [-0.39, 0.29) is 18.7 Å². The summed E-state index contributed by atoms with van der Waals surface area (Å²) in [5.74, 6) is 0.673. The van der Waals surface area contributed by atoms with Gasteiger partial charge in [-0.3, -0.25) is 4.90 Å². The van der Waals surface area contributed by atoms with Crippen LogP contribution in [0.3, 0.4) is 0 Å². The lowest BCUT2D eigenvalue weighted by Gasteiger charge is -2.43. The van der Waals surface area contributed by atoms with Crippen molar-refractivity contribution in [3.8, 4) is 0 Å². The fourth-order valence-corrected chi connectivity index (χ4v) is 4.14. The molecule has 20 heavy (non-hydrogen) atoms.